The molecule has 5 fully saturated rings. The van der Waals surface area contributed by atoms with Crippen molar-refractivity contribution in [2.24, 2.45) is 17.8 Å². The van der Waals surface area contributed by atoms with Gasteiger partial charge in [0.15, 0.2) is 5.82 Å². The van der Waals surface area contributed by atoms with Crippen LogP contribution < -0.4 is 10.6 Å². The maximum Gasteiger partial charge on any atom is 0.315 e. The Morgan fingerprint density at radius 2 is 1.74 bits per heavy atom. The minimum atomic E-state index is -0.0406. The zero-order valence-electron chi connectivity index (χ0n) is 15.9. The SMILES string of the molecule is O=C(NCCc1nc(C2CCOCC2)no1)NC12CC3CC(CC(C3)C1)C2. The molecule has 6 rings (SSSR count). The minimum Gasteiger partial charge on any atom is -0.381 e. The molecular formula is C20H30N4O3. The number of hydrogen-bond acceptors (Lipinski definition) is 5. The van der Waals surface area contributed by atoms with Gasteiger partial charge in [0.2, 0.25) is 5.89 Å². The van der Waals surface area contributed by atoms with Gasteiger partial charge in [0, 0.05) is 37.6 Å². The molecule has 2 amide bonds. The van der Waals surface area contributed by atoms with E-state index >= 15 is 0 Å². The summed E-state index contributed by atoms with van der Waals surface area (Å²) in [6.07, 6.45) is 10.1. The highest BCUT2D eigenvalue weighted by molar-refractivity contribution is 5.74. The first kappa shape index (κ1) is 17.5. The van der Waals surface area contributed by atoms with Crippen LogP contribution in [0.2, 0.25) is 0 Å². The van der Waals surface area contributed by atoms with E-state index in [0.717, 1.165) is 49.6 Å². The summed E-state index contributed by atoms with van der Waals surface area (Å²) in [6.45, 7) is 2.05. The van der Waals surface area contributed by atoms with Gasteiger partial charge in [-0.25, -0.2) is 4.79 Å². The third kappa shape index (κ3) is 3.71. The lowest BCUT2D eigenvalue weighted by atomic mass is 9.53. The lowest BCUT2D eigenvalue weighted by molar-refractivity contribution is -0.0135. The van der Waals surface area contributed by atoms with Crippen LogP contribution in [-0.2, 0) is 11.2 Å². The van der Waals surface area contributed by atoms with Crippen LogP contribution in [0.5, 0.6) is 0 Å². The van der Waals surface area contributed by atoms with Gasteiger partial charge in [0.1, 0.15) is 0 Å². The summed E-state index contributed by atoms with van der Waals surface area (Å²) in [6, 6.07) is -0.0406. The Labute approximate surface area is 160 Å². The molecule has 1 aliphatic heterocycles. The first-order valence-electron chi connectivity index (χ1n) is 10.6. The van der Waals surface area contributed by atoms with Crippen molar-refractivity contribution in [1.29, 1.82) is 0 Å². The van der Waals surface area contributed by atoms with E-state index in [1.54, 1.807) is 0 Å². The van der Waals surface area contributed by atoms with E-state index in [-0.39, 0.29) is 11.6 Å². The van der Waals surface area contributed by atoms with Crippen molar-refractivity contribution in [2.45, 2.75) is 69.2 Å². The Hall–Kier alpha value is -1.63. The summed E-state index contributed by atoms with van der Waals surface area (Å²) in [4.78, 5) is 17.0. The van der Waals surface area contributed by atoms with Gasteiger partial charge in [-0.2, -0.15) is 4.98 Å². The van der Waals surface area contributed by atoms with Crippen LogP contribution in [0.3, 0.4) is 0 Å². The second-order valence-electron chi connectivity index (χ2n) is 9.26. The van der Waals surface area contributed by atoms with Gasteiger partial charge < -0.3 is 19.9 Å². The molecule has 148 valence electrons. The number of carbonyl (C=O) groups excluding carboxylic acids is 1. The fourth-order valence-electron chi connectivity index (χ4n) is 6.32. The molecule has 0 aromatic carbocycles. The number of nitrogens with zero attached hydrogens (tertiary/aromatic N) is 2. The van der Waals surface area contributed by atoms with E-state index < -0.39 is 0 Å². The first-order chi connectivity index (χ1) is 13.2. The highest BCUT2D eigenvalue weighted by Gasteiger charge is 2.51. The van der Waals surface area contributed by atoms with Crippen molar-refractivity contribution in [3.05, 3.63) is 11.7 Å². The van der Waals surface area contributed by atoms with E-state index in [2.05, 4.69) is 20.8 Å². The molecule has 5 aliphatic rings. The molecule has 2 N–H and O–H groups in total. The second-order valence-corrected chi connectivity index (χ2v) is 9.26. The molecule has 0 spiro atoms. The molecule has 0 unspecified atom stereocenters. The van der Waals surface area contributed by atoms with Crippen LogP contribution >= 0.6 is 0 Å². The molecule has 7 nitrogen and oxygen atoms in total. The smallest absolute Gasteiger partial charge is 0.315 e. The van der Waals surface area contributed by atoms with E-state index in [4.69, 9.17) is 9.26 Å². The highest BCUT2D eigenvalue weighted by Crippen LogP contribution is 2.55. The maximum absolute atomic E-state index is 12.5. The van der Waals surface area contributed by atoms with Crippen molar-refractivity contribution in [3.8, 4) is 0 Å². The molecule has 1 aromatic heterocycles. The predicted octanol–water partition coefficient (Wildman–Crippen LogP) is 2.77. The monoisotopic (exact) mass is 374 g/mol. The van der Waals surface area contributed by atoms with Crippen molar-refractivity contribution in [1.82, 2.24) is 20.8 Å². The Morgan fingerprint density at radius 1 is 1.07 bits per heavy atom. The first-order valence-corrected chi connectivity index (χ1v) is 10.6. The van der Waals surface area contributed by atoms with Gasteiger partial charge in [-0.1, -0.05) is 5.16 Å². The third-order valence-corrected chi connectivity index (χ3v) is 7.11. The quantitative estimate of drug-likeness (QED) is 0.827. The number of hydrogen-bond donors (Lipinski definition) is 2. The van der Waals surface area contributed by atoms with Gasteiger partial charge in [0.05, 0.1) is 0 Å². The molecule has 4 aliphatic carbocycles. The fourth-order valence-corrected chi connectivity index (χ4v) is 6.32. The number of carbonyl (C=O) groups is 1. The Morgan fingerprint density at radius 3 is 2.41 bits per heavy atom. The summed E-state index contributed by atoms with van der Waals surface area (Å²) in [5.74, 6) is 4.22. The van der Waals surface area contributed by atoms with Crippen LogP contribution in [0.15, 0.2) is 4.52 Å². The third-order valence-electron chi connectivity index (χ3n) is 7.11. The van der Waals surface area contributed by atoms with Crippen LogP contribution in [0.25, 0.3) is 0 Å². The fraction of sp³-hybridized carbons (Fsp3) is 0.850. The molecule has 1 aromatic rings. The van der Waals surface area contributed by atoms with Crippen LogP contribution in [0, 0.1) is 17.8 Å². The van der Waals surface area contributed by atoms with Crippen molar-refractivity contribution >= 4 is 6.03 Å². The molecule has 4 saturated carbocycles. The van der Waals surface area contributed by atoms with Gasteiger partial charge in [-0.15, -0.1) is 0 Å². The van der Waals surface area contributed by atoms with Gasteiger partial charge in [-0.3, -0.25) is 0 Å². The largest absolute Gasteiger partial charge is 0.381 e. The number of ether oxygens (including phenoxy) is 1. The lowest BCUT2D eigenvalue weighted by Gasteiger charge is -2.56. The lowest BCUT2D eigenvalue weighted by Crippen LogP contribution is -2.61. The number of nitrogens with one attached hydrogen (secondary N) is 2. The normalized spacial score (nSPS) is 35.3. The molecule has 1 saturated heterocycles. The summed E-state index contributed by atoms with van der Waals surface area (Å²) >= 11 is 0. The van der Waals surface area contributed by atoms with E-state index in [9.17, 15) is 4.79 Å². The number of urea groups is 1. The Bertz CT molecular complexity index is 647. The minimum absolute atomic E-state index is 0.0406. The molecule has 7 heteroatoms. The Kier molecular flexibility index (Phi) is 4.58. The van der Waals surface area contributed by atoms with E-state index in [0.29, 0.717) is 24.8 Å². The highest BCUT2D eigenvalue weighted by atomic mass is 16.5. The Balaban J connectivity index is 1.09. The average Bonchev–Trinajstić information content (AvgIpc) is 3.10. The standard InChI is InChI=1S/C20H30N4O3/c25-19(23-20-10-13-7-14(11-20)9-15(8-13)12-20)21-4-1-17-22-18(24-27-17)16-2-5-26-6-3-16/h13-16H,1-12H2,(H2,21,23,25). The zero-order chi connectivity index (χ0) is 18.3. The summed E-state index contributed by atoms with van der Waals surface area (Å²) < 4.78 is 10.7. The molecule has 0 radical (unpaired) electrons. The summed E-state index contributed by atoms with van der Waals surface area (Å²) in [5, 5.41) is 10.4. The van der Waals surface area contributed by atoms with Crippen LogP contribution in [-0.4, -0.2) is 41.5 Å². The maximum atomic E-state index is 12.5. The van der Waals surface area contributed by atoms with E-state index in [1.165, 1.54) is 38.5 Å². The summed E-state index contributed by atoms with van der Waals surface area (Å²) in [7, 11) is 0. The number of rotatable bonds is 5. The molecule has 0 atom stereocenters. The van der Waals surface area contributed by atoms with E-state index in [1.807, 2.05) is 0 Å². The van der Waals surface area contributed by atoms with Gasteiger partial charge >= 0.3 is 6.03 Å². The van der Waals surface area contributed by atoms with Crippen molar-refractivity contribution in [2.75, 3.05) is 19.8 Å². The molecule has 27 heavy (non-hydrogen) atoms. The van der Waals surface area contributed by atoms with Crippen LogP contribution in [0.4, 0.5) is 4.79 Å². The van der Waals surface area contributed by atoms with Crippen molar-refractivity contribution < 1.29 is 14.1 Å². The molecular weight excluding hydrogens is 344 g/mol. The average molecular weight is 374 g/mol. The molecule has 4 bridgehead atoms. The number of amides is 2. The molecule has 2 heterocycles. The predicted molar refractivity (Wildman–Crippen MR) is 98.2 cm³/mol. The van der Waals surface area contributed by atoms with Crippen LogP contribution in [0.1, 0.15) is 69.0 Å². The van der Waals surface area contributed by atoms with Gasteiger partial charge in [0.25, 0.3) is 0 Å². The number of aromatic nitrogens is 2. The van der Waals surface area contributed by atoms with Crippen molar-refractivity contribution in [3.63, 3.8) is 0 Å². The summed E-state index contributed by atoms with van der Waals surface area (Å²) in [5.41, 5.74) is 0.0551. The topological polar surface area (TPSA) is 89.3 Å². The van der Waals surface area contributed by atoms with Gasteiger partial charge in [-0.05, 0) is 69.1 Å². The second kappa shape index (κ2) is 7.08. The zero-order valence-corrected chi connectivity index (χ0v) is 15.9.